The predicted octanol–water partition coefficient (Wildman–Crippen LogP) is 3.35. The van der Waals surface area contributed by atoms with Gasteiger partial charge in [-0.25, -0.2) is 0 Å². The second kappa shape index (κ2) is 8.90. The first-order valence-electron chi connectivity index (χ1n) is 7.51. The fourth-order valence-corrected chi connectivity index (χ4v) is 2.73. The summed E-state index contributed by atoms with van der Waals surface area (Å²) < 4.78 is 21.9. The molecule has 0 radical (unpaired) electrons. The Kier molecular flexibility index (Phi) is 7.91. The first-order valence-corrected chi connectivity index (χ1v) is 7.51. The Morgan fingerprint density at radius 1 is 1.00 bits per heavy atom. The zero-order valence-corrected chi connectivity index (χ0v) is 12.9. The summed E-state index contributed by atoms with van der Waals surface area (Å²) in [5, 5.41) is 0. The Labute approximate surface area is 117 Å². The van der Waals surface area contributed by atoms with Gasteiger partial charge in [0, 0.05) is 21.3 Å². The minimum absolute atomic E-state index is 0.152. The van der Waals surface area contributed by atoms with Crippen molar-refractivity contribution in [1.29, 1.82) is 0 Å². The summed E-state index contributed by atoms with van der Waals surface area (Å²) in [6, 6.07) is 0. The van der Waals surface area contributed by atoms with Crippen LogP contribution >= 0.6 is 0 Å². The van der Waals surface area contributed by atoms with E-state index >= 15 is 0 Å². The summed E-state index contributed by atoms with van der Waals surface area (Å²) in [6.45, 7) is 3.03. The molecule has 0 amide bonds. The van der Waals surface area contributed by atoms with Crippen LogP contribution in [0.5, 0.6) is 0 Å². The van der Waals surface area contributed by atoms with Crippen molar-refractivity contribution >= 4 is 0 Å². The van der Waals surface area contributed by atoms with Gasteiger partial charge in [-0.3, -0.25) is 0 Å². The Bertz CT molecular complexity index is 216. The normalized spacial score (nSPS) is 20.5. The monoisotopic (exact) mass is 274 g/mol. The Morgan fingerprint density at radius 2 is 1.53 bits per heavy atom. The molecule has 19 heavy (non-hydrogen) atoms. The third-order valence-corrected chi connectivity index (χ3v) is 3.98. The molecule has 2 unspecified atom stereocenters. The smallest absolute Gasteiger partial charge is 0.287 e. The van der Waals surface area contributed by atoms with Gasteiger partial charge in [0.1, 0.15) is 0 Å². The lowest BCUT2D eigenvalue weighted by molar-refractivity contribution is -0.381. The lowest BCUT2D eigenvalue weighted by Crippen LogP contribution is -2.46. The first kappa shape index (κ1) is 16.9. The second-order valence-electron chi connectivity index (χ2n) is 5.25. The lowest BCUT2D eigenvalue weighted by atomic mass is 9.94. The van der Waals surface area contributed by atoms with Crippen LogP contribution in [-0.4, -0.2) is 40.0 Å². The van der Waals surface area contributed by atoms with Gasteiger partial charge >= 0.3 is 0 Å². The van der Waals surface area contributed by atoms with E-state index in [1.807, 2.05) is 0 Å². The molecular formula is C15H30O4. The topological polar surface area (TPSA) is 40.2 Å². The largest absolute Gasteiger partial charge is 0.372 e. The Morgan fingerprint density at radius 3 is 2.00 bits per heavy atom. The number of epoxide rings is 1. The molecule has 1 saturated heterocycles. The van der Waals surface area contributed by atoms with E-state index in [0.717, 1.165) is 13.0 Å². The zero-order valence-electron chi connectivity index (χ0n) is 12.9. The van der Waals surface area contributed by atoms with Gasteiger partial charge in [0.25, 0.3) is 5.97 Å². The number of ether oxygens (including phenoxy) is 4. The van der Waals surface area contributed by atoms with E-state index in [-0.39, 0.29) is 12.0 Å². The van der Waals surface area contributed by atoms with Gasteiger partial charge in [-0.15, -0.1) is 0 Å². The Hall–Kier alpha value is -0.160. The molecule has 1 aliphatic heterocycles. The quantitative estimate of drug-likeness (QED) is 0.311. The van der Waals surface area contributed by atoms with E-state index in [4.69, 9.17) is 18.9 Å². The molecule has 0 N–H and O–H groups in total. The van der Waals surface area contributed by atoms with Crippen molar-refractivity contribution in [3.63, 3.8) is 0 Å². The van der Waals surface area contributed by atoms with Gasteiger partial charge in [0.05, 0.1) is 18.6 Å². The van der Waals surface area contributed by atoms with Gasteiger partial charge in [-0.1, -0.05) is 45.4 Å². The number of hydrogen-bond acceptors (Lipinski definition) is 4. The average molecular weight is 274 g/mol. The van der Waals surface area contributed by atoms with E-state index in [1.165, 1.54) is 38.5 Å². The van der Waals surface area contributed by atoms with E-state index in [2.05, 4.69) is 6.92 Å². The molecule has 4 heteroatoms. The van der Waals surface area contributed by atoms with E-state index in [9.17, 15) is 0 Å². The maximum absolute atomic E-state index is 5.47. The van der Waals surface area contributed by atoms with Crippen LogP contribution < -0.4 is 0 Å². The van der Waals surface area contributed by atoms with Crippen LogP contribution in [0.25, 0.3) is 0 Å². The van der Waals surface area contributed by atoms with Crippen molar-refractivity contribution in [1.82, 2.24) is 0 Å². The SMILES string of the molecule is CCCCCCCCC(C1CO1)C(OC)(OC)OC. The molecule has 0 aromatic carbocycles. The molecule has 114 valence electrons. The molecule has 1 fully saturated rings. The highest BCUT2D eigenvalue weighted by Crippen LogP contribution is 2.37. The second-order valence-corrected chi connectivity index (χ2v) is 5.25. The van der Waals surface area contributed by atoms with Crippen LogP contribution in [0.15, 0.2) is 0 Å². The van der Waals surface area contributed by atoms with Crippen LogP contribution in [0.4, 0.5) is 0 Å². The van der Waals surface area contributed by atoms with Crippen molar-refractivity contribution < 1.29 is 18.9 Å². The maximum atomic E-state index is 5.47. The fraction of sp³-hybridized carbons (Fsp3) is 1.00. The van der Waals surface area contributed by atoms with Crippen LogP contribution in [0.3, 0.4) is 0 Å². The van der Waals surface area contributed by atoms with Gasteiger partial charge in [0.2, 0.25) is 0 Å². The summed E-state index contributed by atoms with van der Waals surface area (Å²) >= 11 is 0. The van der Waals surface area contributed by atoms with Gasteiger partial charge in [0.15, 0.2) is 0 Å². The van der Waals surface area contributed by atoms with E-state index < -0.39 is 5.97 Å². The number of unbranched alkanes of at least 4 members (excludes halogenated alkanes) is 5. The molecule has 0 bridgehead atoms. The van der Waals surface area contributed by atoms with Crippen molar-refractivity contribution in [2.45, 2.75) is 63.9 Å². The average Bonchev–Trinajstić information content (AvgIpc) is 3.27. The molecule has 1 aliphatic rings. The molecule has 1 heterocycles. The molecule has 4 nitrogen and oxygen atoms in total. The lowest BCUT2D eigenvalue weighted by Gasteiger charge is -2.35. The van der Waals surface area contributed by atoms with Crippen LogP contribution in [0.2, 0.25) is 0 Å². The van der Waals surface area contributed by atoms with Crippen LogP contribution in [-0.2, 0) is 18.9 Å². The summed E-state index contributed by atoms with van der Waals surface area (Å²) in [4.78, 5) is 0. The number of methoxy groups -OCH3 is 3. The molecule has 1 rings (SSSR count). The molecule has 2 atom stereocenters. The third kappa shape index (κ3) is 5.03. The van der Waals surface area contributed by atoms with Gasteiger partial charge in [-0.05, 0) is 6.42 Å². The molecule has 0 aliphatic carbocycles. The molecule has 0 spiro atoms. The summed E-state index contributed by atoms with van der Waals surface area (Å²) in [5.41, 5.74) is 0. The highest BCUT2D eigenvalue weighted by molar-refractivity contribution is 4.85. The standard InChI is InChI=1S/C15H30O4/c1-5-6-7-8-9-10-11-13(14-12-19-14)15(16-2,17-3)18-4/h13-14H,5-12H2,1-4H3. The third-order valence-electron chi connectivity index (χ3n) is 3.98. The van der Waals surface area contributed by atoms with Crippen molar-refractivity contribution in [3.8, 4) is 0 Å². The van der Waals surface area contributed by atoms with E-state index in [1.54, 1.807) is 21.3 Å². The zero-order chi connectivity index (χ0) is 14.1. The minimum atomic E-state index is -0.954. The Balaban J connectivity index is 2.36. The summed E-state index contributed by atoms with van der Waals surface area (Å²) in [5.74, 6) is -0.802. The van der Waals surface area contributed by atoms with Crippen LogP contribution in [0.1, 0.15) is 51.9 Å². The summed E-state index contributed by atoms with van der Waals surface area (Å²) in [6.07, 6.45) is 8.95. The van der Waals surface area contributed by atoms with Crippen LogP contribution in [0, 0.1) is 5.92 Å². The fourth-order valence-electron chi connectivity index (χ4n) is 2.73. The predicted molar refractivity (Wildman–Crippen MR) is 75.0 cm³/mol. The highest BCUT2D eigenvalue weighted by Gasteiger charge is 2.49. The number of rotatable bonds is 12. The van der Waals surface area contributed by atoms with Gasteiger partial charge < -0.3 is 18.9 Å². The first-order chi connectivity index (χ1) is 9.24. The maximum Gasteiger partial charge on any atom is 0.287 e. The van der Waals surface area contributed by atoms with Crippen molar-refractivity contribution in [2.24, 2.45) is 5.92 Å². The van der Waals surface area contributed by atoms with Gasteiger partial charge in [-0.2, -0.15) is 0 Å². The minimum Gasteiger partial charge on any atom is -0.372 e. The van der Waals surface area contributed by atoms with E-state index in [0.29, 0.717) is 0 Å². The summed E-state index contributed by atoms with van der Waals surface area (Å²) in [7, 11) is 4.89. The number of hydrogen-bond donors (Lipinski definition) is 0. The molecular weight excluding hydrogens is 244 g/mol. The van der Waals surface area contributed by atoms with Crippen molar-refractivity contribution in [2.75, 3.05) is 27.9 Å². The molecule has 0 saturated carbocycles. The highest BCUT2D eigenvalue weighted by atomic mass is 16.9. The molecule has 0 aromatic heterocycles. The van der Waals surface area contributed by atoms with Crippen molar-refractivity contribution in [3.05, 3.63) is 0 Å². The molecule has 0 aromatic rings.